The minimum atomic E-state index is -0.476. The Hall–Kier alpha value is -1.80. The Bertz CT molecular complexity index is 598. The van der Waals surface area contributed by atoms with Gasteiger partial charge in [0, 0.05) is 32.7 Å². The van der Waals surface area contributed by atoms with Gasteiger partial charge in [-0.05, 0) is 13.0 Å². The average molecular weight is 296 g/mol. The number of hydrogen-bond donors (Lipinski definition) is 3. The van der Waals surface area contributed by atoms with Crippen LogP contribution in [0.2, 0.25) is 0 Å². The Morgan fingerprint density at radius 2 is 1.86 bits per heavy atom. The highest BCUT2D eigenvalue weighted by molar-refractivity contribution is 5.59. The van der Waals surface area contributed by atoms with Gasteiger partial charge in [0.1, 0.15) is 5.82 Å². The van der Waals surface area contributed by atoms with Crippen LogP contribution in [0.25, 0.3) is 0 Å². The van der Waals surface area contributed by atoms with Crippen molar-refractivity contribution in [2.24, 2.45) is 5.92 Å². The van der Waals surface area contributed by atoms with Crippen molar-refractivity contribution in [1.82, 2.24) is 19.5 Å². The van der Waals surface area contributed by atoms with Crippen LogP contribution in [0, 0.1) is 5.92 Å². The van der Waals surface area contributed by atoms with Crippen LogP contribution in [0.5, 0.6) is 0 Å². The molecule has 1 aromatic heterocycles. The lowest BCUT2D eigenvalue weighted by atomic mass is 10.2. The van der Waals surface area contributed by atoms with Gasteiger partial charge in [0.15, 0.2) is 5.69 Å². The third-order valence-corrected chi connectivity index (χ3v) is 3.56. The van der Waals surface area contributed by atoms with Gasteiger partial charge in [-0.3, -0.25) is 14.3 Å². The number of hydrazine groups is 1. The molecule has 0 unspecified atom stereocenters. The number of likely N-dealkylation sites (N-methyl/N-ethyl adjacent to an activating group) is 1. The Morgan fingerprint density at radius 3 is 2.43 bits per heavy atom. The molecule has 0 radical (unpaired) electrons. The molecule has 4 N–H and O–H groups in total. The number of H-pyrrole nitrogens is 1. The number of nitrogens with two attached hydrogens (primary N) is 1. The van der Waals surface area contributed by atoms with Crippen molar-refractivity contribution in [3.8, 4) is 0 Å². The van der Waals surface area contributed by atoms with E-state index in [-0.39, 0.29) is 17.4 Å². The maximum Gasteiger partial charge on any atom is 0.330 e. The number of nitrogens with one attached hydrogen (secondary N) is 2. The van der Waals surface area contributed by atoms with Crippen molar-refractivity contribution in [1.29, 1.82) is 0 Å². The van der Waals surface area contributed by atoms with E-state index < -0.39 is 11.2 Å². The van der Waals surface area contributed by atoms with Gasteiger partial charge in [-0.15, -0.1) is 0 Å². The van der Waals surface area contributed by atoms with Crippen LogP contribution < -0.4 is 22.4 Å². The zero-order chi connectivity index (χ0) is 15.6. The zero-order valence-corrected chi connectivity index (χ0v) is 12.8. The van der Waals surface area contributed by atoms with Crippen LogP contribution in [0.15, 0.2) is 9.59 Å². The number of hydrogen-bond acceptors (Lipinski definition) is 6. The van der Waals surface area contributed by atoms with Gasteiger partial charge >= 0.3 is 5.69 Å². The molecule has 0 bridgehead atoms. The minimum absolute atomic E-state index is 0.191. The van der Waals surface area contributed by atoms with E-state index in [1.54, 1.807) is 0 Å². The first kappa shape index (κ1) is 15.6. The highest BCUT2D eigenvalue weighted by atomic mass is 16.2. The summed E-state index contributed by atoms with van der Waals surface area (Å²) < 4.78 is 1.41. The largest absolute Gasteiger partial charge is 0.383 e. The maximum atomic E-state index is 12.0. The quantitative estimate of drug-likeness (QED) is 0.683. The minimum Gasteiger partial charge on any atom is -0.383 e. The molecule has 1 aliphatic rings. The Morgan fingerprint density at radius 1 is 1.24 bits per heavy atom. The average Bonchev–Trinajstić information content (AvgIpc) is 2.41. The smallest absolute Gasteiger partial charge is 0.330 e. The third-order valence-electron chi connectivity index (χ3n) is 3.56. The van der Waals surface area contributed by atoms with Crippen molar-refractivity contribution < 1.29 is 0 Å². The van der Waals surface area contributed by atoms with E-state index in [1.165, 1.54) is 4.57 Å². The summed E-state index contributed by atoms with van der Waals surface area (Å²) in [7, 11) is 2.06. The fourth-order valence-corrected chi connectivity index (χ4v) is 2.32. The number of aromatic nitrogens is 2. The van der Waals surface area contributed by atoms with Crippen molar-refractivity contribution >= 4 is 11.5 Å². The van der Waals surface area contributed by atoms with E-state index >= 15 is 0 Å². The van der Waals surface area contributed by atoms with E-state index in [4.69, 9.17) is 5.73 Å². The molecule has 118 valence electrons. The topological polar surface area (TPSA) is 99.4 Å². The third kappa shape index (κ3) is 3.64. The van der Waals surface area contributed by atoms with Crippen LogP contribution in [0.4, 0.5) is 11.5 Å². The number of anilines is 2. The fourth-order valence-electron chi connectivity index (χ4n) is 2.32. The van der Waals surface area contributed by atoms with Crippen molar-refractivity contribution in [2.75, 3.05) is 44.4 Å². The summed E-state index contributed by atoms with van der Waals surface area (Å²) in [4.78, 5) is 28.4. The van der Waals surface area contributed by atoms with Crippen molar-refractivity contribution in [3.63, 3.8) is 0 Å². The summed E-state index contributed by atoms with van der Waals surface area (Å²) in [6.45, 7) is 7.86. The number of rotatable bonds is 4. The Labute approximate surface area is 123 Å². The molecule has 21 heavy (non-hydrogen) atoms. The first-order valence-electron chi connectivity index (χ1n) is 7.21. The molecule has 8 heteroatoms. The Balaban J connectivity index is 2.26. The first-order chi connectivity index (χ1) is 9.88. The van der Waals surface area contributed by atoms with Crippen LogP contribution in [0.3, 0.4) is 0 Å². The molecule has 1 fully saturated rings. The molecule has 1 saturated heterocycles. The monoisotopic (exact) mass is 296 g/mol. The lowest BCUT2D eigenvalue weighted by molar-refractivity contribution is 0.179. The molecule has 0 aliphatic carbocycles. The summed E-state index contributed by atoms with van der Waals surface area (Å²) in [6.07, 6.45) is 0. The number of piperazine rings is 1. The normalized spacial score (nSPS) is 17.3. The van der Waals surface area contributed by atoms with Gasteiger partial charge in [0.05, 0.1) is 0 Å². The van der Waals surface area contributed by atoms with Crippen LogP contribution in [0.1, 0.15) is 13.8 Å². The molecule has 0 saturated carbocycles. The molecule has 0 atom stereocenters. The fraction of sp³-hybridized carbons (Fsp3) is 0.692. The second kappa shape index (κ2) is 6.31. The molecule has 0 amide bonds. The lowest BCUT2D eigenvalue weighted by Crippen LogP contribution is -2.48. The van der Waals surface area contributed by atoms with Crippen LogP contribution in [-0.2, 0) is 6.54 Å². The number of nitrogens with zero attached hydrogens (tertiary/aromatic N) is 3. The molecular weight excluding hydrogens is 272 g/mol. The number of nitrogen functional groups attached to an aromatic ring is 1. The summed E-state index contributed by atoms with van der Waals surface area (Å²) >= 11 is 0. The van der Waals surface area contributed by atoms with Gasteiger partial charge in [-0.2, -0.15) is 0 Å². The van der Waals surface area contributed by atoms with Crippen molar-refractivity contribution in [3.05, 3.63) is 20.8 Å². The molecule has 1 aromatic rings. The van der Waals surface area contributed by atoms with Gasteiger partial charge in [0.25, 0.3) is 5.56 Å². The second-order valence-corrected chi connectivity index (χ2v) is 5.93. The second-order valence-electron chi connectivity index (χ2n) is 5.93. The lowest BCUT2D eigenvalue weighted by Gasteiger charge is -2.33. The van der Waals surface area contributed by atoms with E-state index in [1.807, 2.05) is 18.9 Å². The Kier molecular flexibility index (Phi) is 4.69. The standard InChI is InChI=1S/C13H24N6O2/c1-9(2)8-19-11(14)10(12(20)15-13(19)21)16-18-6-4-17(3)5-7-18/h9,16H,4-8,14H2,1-3H3,(H,15,20,21). The maximum absolute atomic E-state index is 12.0. The summed E-state index contributed by atoms with van der Waals surface area (Å²) in [5, 5.41) is 1.95. The zero-order valence-electron chi connectivity index (χ0n) is 12.8. The molecule has 0 spiro atoms. The predicted molar refractivity (Wildman–Crippen MR) is 83.3 cm³/mol. The van der Waals surface area contributed by atoms with Gasteiger partial charge in [0.2, 0.25) is 0 Å². The first-order valence-corrected chi connectivity index (χ1v) is 7.21. The summed E-state index contributed by atoms with van der Waals surface area (Å²) in [5.41, 5.74) is 8.39. The molecule has 0 aromatic carbocycles. The molecule has 1 aliphatic heterocycles. The van der Waals surface area contributed by atoms with Gasteiger partial charge < -0.3 is 16.1 Å². The van der Waals surface area contributed by atoms with E-state index in [9.17, 15) is 9.59 Å². The highest BCUT2D eigenvalue weighted by Gasteiger charge is 2.18. The molecule has 2 rings (SSSR count). The van der Waals surface area contributed by atoms with Crippen molar-refractivity contribution in [2.45, 2.75) is 20.4 Å². The van der Waals surface area contributed by atoms with Crippen LogP contribution >= 0.6 is 0 Å². The highest BCUT2D eigenvalue weighted by Crippen LogP contribution is 2.13. The van der Waals surface area contributed by atoms with Gasteiger partial charge in [-0.1, -0.05) is 13.8 Å². The molecule has 2 heterocycles. The summed E-state index contributed by atoms with van der Waals surface area (Å²) in [5.74, 6) is 0.448. The summed E-state index contributed by atoms with van der Waals surface area (Å²) in [6, 6.07) is 0. The van der Waals surface area contributed by atoms with Crippen LogP contribution in [-0.4, -0.2) is 52.7 Å². The predicted octanol–water partition coefficient (Wildman–Crippen LogP) is -0.651. The number of aromatic amines is 1. The van der Waals surface area contributed by atoms with Gasteiger partial charge in [-0.25, -0.2) is 9.80 Å². The van der Waals surface area contributed by atoms with E-state index in [2.05, 4.69) is 22.4 Å². The van der Waals surface area contributed by atoms with E-state index in [0.29, 0.717) is 6.54 Å². The van der Waals surface area contributed by atoms with E-state index in [0.717, 1.165) is 26.2 Å². The molecular formula is C13H24N6O2. The SMILES string of the molecule is CC(C)Cn1c(N)c(NN2CCN(C)CC2)c(=O)[nH]c1=O. The molecule has 8 nitrogen and oxygen atoms in total.